The van der Waals surface area contributed by atoms with E-state index in [4.69, 9.17) is 11.6 Å². The predicted molar refractivity (Wildman–Crippen MR) is 119 cm³/mol. The second-order valence-corrected chi connectivity index (χ2v) is 11.1. The topological polar surface area (TPSA) is 71.4 Å². The molecule has 0 radical (unpaired) electrons. The molecular weight excluding hydrogens is 542 g/mol. The third kappa shape index (κ3) is 5.81. The molecule has 0 saturated carbocycles. The summed E-state index contributed by atoms with van der Waals surface area (Å²) in [6.45, 7) is 3.05. The van der Waals surface area contributed by atoms with Crippen LogP contribution in [0.5, 0.6) is 0 Å². The van der Waals surface area contributed by atoms with Crippen LogP contribution in [0.25, 0.3) is 10.4 Å². The highest BCUT2D eigenvalue weighted by atomic mass is 35.5. The maximum Gasteiger partial charge on any atom is 0.416 e. The minimum absolute atomic E-state index is 0.0494. The van der Waals surface area contributed by atoms with Crippen molar-refractivity contribution in [2.24, 2.45) is 0 Å². The number of halogens is 7. The zero-order valence-corrected chi connectivity index (χ0v) is 20.2. The van der Waals surface area contributed by atoms with Crippen molar-refractivity contribution < 1.29 is 44.7 Å². The van der Waals surface area contributed by atoms with Crippen molar-refractivity contribution in [3.8, 4) is 10.4 Å². The average molecular weight is 557 g/mol. The first-order chi connectivity index (χ1) is 15.9. The van der Waals surface area contributed by atoms with Crippen molar-refractivity contribution in [2.45, 2.75) is 36.8 Å². The van der Waals surface area contributed by atoms with Gasteiger partial charge in [-0.25, -0.2) is 13.2 Å². The number of hydrogen-bond donors (Lipinski definition) is 1. The van der Waals surface area contributed by atoms with Gasteiger partial charge in [0, 0.05) is 9.90 Å². The molecule has 0 aliphatic heterocycles. The normalized spacial score (nSPS) is 12.7. The maximum atomic E-state index is 13.2. The van der Waals surface area contributed by atoms with Gasteiger partial charge >= 0.3 is 18.3 Å². The van der Waals surface area contributed by atoms with Crippen LogP contribution < -0.4 is 0 Å². The summed E-state index contributed by atoms with van der Waals surface area (Å²) >= 11 is 6.38. The molecule has 0 aliphatic rings. The van der Waals surface area contributed by atoms with Gasteiger partial charge in [-0.1, -0.05) is 11.6 Å². The standard InChI is InChI=1S/C22H15ClF6O4S2/c1-10-4-18(11(2)3-16(10)23)35(32,33)9-13-7-17(34-19(13)20(30)31)12-5-14(21(24,25)26)8-15(6-12)22(27,28)29/h3-8H,9H2,1-2H3,(H,30,31). The zero-order valence-electron chi connectivity index (χ0n) is 17.8. The summed E-state index contributed by atoms with van der Waals surface area (Å²) in [6.07, 6.45) is -10.2. The van der Waals surface area contributed by atoms with Crippen LogP contribution in [0, 0.1) is 13.8 Å². The van der Waals surface area contributed by atoms with E-state index in [1.165, 1.54) is 19.1 Å². The fraction of sp³-hybridized carbons (Fsp3) is 0.227. The van der Waals surface area contributed by atoms with Crippen LogP contribution in [0.15, 0.2) is 41.3 Å². The molecule has 1 heterocycles. The first-order valence-electron chi connectivity index (χ1n) is 9.55. The van der Waals surface area contributed by atoms with E-state index in [9.17, 15) is 44.7 Å². The van der Waals surface area contributed by atoms with E-state index in [0.29, 0.717) is 39.6 Å². The minimum Gasteiger partial charge on any atom is -0.477 e. The summed E-state index contributed by atoms with van der Waals surface area (Å²) in [4.78, 5) is 10.8. The van der Waals surface area contributed by atoms with Gasteiger partial charge in [-0.05, 0) is 72.5 Å². The number of carboxylic acid groups (broad SMARTS) is 1. The van der Waals surface area contributed by atoms with Crippen LogP contribution in [0.1, 0.15) is 37.5 Å². The number of aromatic carboxylic acids is 1. The molecule has 1 aromatic heterocycles. The van der Waals surface area contributed by atoms with Gasteiger partial charge in [0.25, 0.3) is 0 Å². The highest BCUT2D eigenvalue weighted by Gasteiger charge is 2.37. The first kappa shape index (κ1) is 27.0. The lowest BCUT2D eigenvalue weighted by atomic mass is 10.0. The van der Waals surface area contributed by atoms with Gasteiger partial charge in [-0.15, -0.1) is 11.3 Å². The van der Waals surface area contributed by atoms with E-state index in [-0.39, 0.29) is 21.4 Å². The third-order valence-corrected chi connectivity index (χ3v) is 8.43. The molecule has 4 nitrogen and oxygen atoms in total. The summed E-state index contributed by atoms with van der Waals surface area (Å²) in [5.74, 6) is -2.41. The summed E-state index contributed by atoms with van der Waals surface area (Å²) in [5, 5.41) is 9.85. The Labute approximate surface area is 204 Å². The lowest BCUT2D eigenvalue weighted by molar-refractivity contribution is -0.143. The van der Waals surface area contributed by atoms with E-state index in [1.807, 2.05) is 0 Å². The number of carboxylic acids is 1. The summed E-state index contributed by atoms with van der Waals surface area (Å²) in [7, 11) is -4.15. The molecule has 35 heavy (non-hydrogen) atoms. The molecule has 13 heteroatoms. The first-order valence-corrected chi connectivity index (χ1v) is 12.4. The van der Waals surface area contributed by atoms with Gasteiger partial charge in [-0.3, -0.25) is 0 Å². The summed E-state index contributed by atoms with van der Waals surface area (Å²) in [5.41, 5.74) is -3.22. The Morgan fingerprint density at radius 3 is 1.94 bits per heavy atom. The smallest absolute Gasteiger partial charge is 0.416 e. The van der Waals surface area contributed by atoms with Gasteiger partial charge in [0.05, 0.1) is 21.8 Å². The Hall–Kier alpha value is -2.57. The molecule has 0 aliphatic carbocycles. The van der Waals surface area contributed by atoms with Crippen molar-refractivity contribution in [3.63, 3.8) is 0 Å². The van der Waals surface area contributed by atoms with Gasteiger partial charge in [0.1, 0.15) is 4.88 Å². The predicted octanol–water partition coefficient (Wildman–Crippen LogP) is 7.40. The molecule has 1 N–H and O–H groups in total. The van der Waals surface area contributed by atoms with Crippen LogP contribution in [0.3, 0.4) is 0 Å². The average Bonchev–Trinajstić information content (AvgIpc) is 3.12. The second-order valence-electron chi connectivity index (χ2n) is 7.69. The molecule has 0 amide bonds. The summed E-state index contributed by atoms with van der Waals surface area (Å²) < 4.78 is 105. The number of aryl methyl sites for hydroxylation is 2. The van der Waals surface area contributed by atoms with Crippen LogP contribution in [-0.2, 0) is 27.9 Å². The molecule has 0 unspecified atom stereocenters. The van der Waals surface area contributed by atoms with Gasteiger partial charge in [0.15, 0.2) is 9.84 Å². The van der Waals surface area contributed by atoms with E-state index in [0.717, 1.165) is 6.07 Å². The summed E-state index contributed by atoms with van der Waals surface area (Å²) in [6, 6.07) is 4.58. The van der Waals surface area contributed by atoms with Crippen molar-refractivity contribution in [1.82, 2.24) is 0 Å². The Balaban J connectivity index is 2.16. The van der Waals surface area contributed by atoms with E-state index in [1.54, 1.807) is 6.92 Å². The van der Waals surface area contributed by atoms with Crippen molar-refractivity contribution in [2.75, 3.05) is 0 Å². The SMILES string of the molecule is Cc1cc(S(=O)(=O)Cc2cc(-c3cc(C(F)(F)F)cc(C(F)(F)F)c3)sc2C(=O)O)c(C)cc1Cl. The van der Waals surface area contributed by atoms with Crippen LogP contribution in [-0.4, -0.2) is 19.5 Å². The largest absolute Gasteiger partial charge is 0.477 e. The number of hydrogen-bond acceptors (Lipinski definition) is 4. The molecule has 0 fully saturated rings. The molecule has 188 valence electrons. The van der Waals surface area contributed by atoms with Crippen molar-refractivity contribution >= 4 is 38.7 Å². The van der Waals surface area contributed by atoms with E-state index < -0.39 is 55.5 Å². The van der Waals surface area contributed by atoms with Crippen LogP contribution in [0.2, 0.25) is 5.02 Å². The third-order valence-electron chi connectivity index (χ3n) is 5.01. The number of carbonyl (C=O) groups is 1. The Morgan fingerprint density at radius 2 is 1.46 bits per heavy atom. The van der Waals surface area contributed by atoms with Crippen LogP contribution in [0.4, 0.5) is 26.3 Å². The number of alkyl halides is 6. The monoisotopic (exact) mass is 556 g/mol. The molecule has 3 rings (SSSR count). The minimum atomic E-state index is -5.10. The molecule has 0 saturated heterocycles. The van der Waals surface area contributed by atoms with Gasteiger partial charge in [0.2, 0.25) is 0 Å². The van der Waals surface area contributed by atoms with E-state index >= 15 is 0 Å². The molecule has 3 aromatic rings. The molecule has 2 aromatic carbocycles. The Kier molecular flexibility index (Phi) is 7.06. The molecule has 0 spiro atoms. The number of rotatable bonds is 5. The lowest BCUT2D eigenvalue weighted by Crippen LogP contribution is -2.11. The van der Waals surface area contributed by atoms with Crippen molar-refractivity contribution in [1.29, 1.82) is 0 Å². The van der Waals surface area contributed by atoms with Crippen molar-refractivity contribution in [3.05, 3.63) is 74.1 Å². The van der Waals surface area contributed by atoms with E-state index in [2.05, 4.69) is 0 Å². The zero-order chi connectivity index (χ0) is 26.5. The maximum absolute atomic E-state index is 13.2. The molecule has 0 bridgehead atoms. The Morgan fingerprint density at radius 1 is 0.914 bits per heavy atom. The number of thiophene rings is 1. The lowest BCUT2D eigenvalue weighted by Gasteiger charge is -2.13. The fourth-order valence-corrected chi connectivity index (χ4v) is 6.34. The number of sulfone groups is 1. The molecular formula is C22H15ClF6O4S2. The Bertz CT molecular complexity index is 1390. The van der Waals surface area contributed by atoms with Crippen LogP contribution >= 0.6 is 22.9 Å². The van der Waals surface area contributed by atoms with Gasteiger partial charge in [-0.2, -0.15) is 26.3 Å². The fourth-order valence-electron chi connectivity index (χ4n) is 3.33. The molecule has 0 atom stereocenters. The quantitative estimate of drug-likeness (QED) is 0.333. The van der Waals surface area contributed by atoms with Gasteiger partial charge < -0.3 is 5.11 Å². The number of benzene rings is 2. The second kappa shape index (κ2) is 9.14. The highest BCUT2D eigenvalue weighted by molar-refractivity contribution is 7.90. The highest BCUT2D eigenvalue weighted by Crippen LogP contribution is 2.41.